The van der Waals surface area contributed by atoms with Gasteiger partial charge in [-0.25, -0.2) is 0 Å². The normalized spacial score (nSPS) is 10.4. The molecule has 0 saturated heterocycles. The Morgan fingerprint density at radius 1 is 0.828 bits per heavy atom. The lowest BCUT2D eigenvalue weighted by molar-refractivity contribution is 0.111. The summed E-state index contributed by atoms with van der Waals surface area (Å²) >= 11 is 0. The quantitative estimate of drug-likeness (QED) is 0.367. The lowest BCUT2D eigenvalue weighted by atomic mass is 10.0. The van der Waals surface area contributed by atoms with Crippen molar-refractivity contribution in [1.29, 1.82) is 0 Å². The van der Waals surface area contributed by atoms with Gasteiger partial charge in [0, 0.05) is 12.7 Å². The van der Waals surface area contributed by atoms with E-state index in [4.69, 9.17) is 18.9 Å². The molecule has 5 heteroatoms. The Bertz CT molecular complexity index is 937. The largest absolute Gasteiger partial charge is 0.493 e. The fraction of sp³-hybridized carbons (Fsp3) is 0.208. The highest BCUT2D eigenvalue weighted by molar-refractivity contribution is 5.86. The topological polar surface area (TPSA) is 54.0 Å². The minimum Gasteiger partial charge on any atom is -0.493 e. The van der Waals surface area contributed by atoms with Crippen LogP contribution in [0.5, 0.6) is 17.2 Å². The first-order chi connectivity index (χ1) is 14.3. The molecule has 29 heavy (non-hydrogen) atoms. The van der Waals surface area contributed by atoms with E-state index in [1.54, 1.807) is 20.3 Å². The Hall–Kier alpha value is -3.31. The van der Waals surface area contributed by atoms with Gasteiger partial charge in [-0.15, -0.1) is 0 Å². The Labute approximate surface area is 170 Å². The number of ether oxygens (including phenoxy) is 4. The summed E-state index contributed by atoms with van der Waals surface area (Å²) in [4.78, 5) is 11.8. The molecule has 0 bridgehead atoms. The van der Waals surface area contributed by atoms with Gasteiger partial charge in [-0.2, -0.15) is 0 Å². The number of para-hydroxylation sites is 1. The average Bonchev–Trinajstić information content (AvgIpc) is 2.78. The smallest absolute Gasteiger partial charge is 0.172 e. The molecule has 0 radical (unpaired) electrons. The van der Waals surface area contributed by atoms with E-state index >= 15 is 0 Å². The number of rotatable bonds is 10. The van der Waals surface area contributed by atoms with Gasteiger partial charge in [0.25, 0.3) is 0 Å². The molecule has 3 rings (SSSR count). The summed E-state index contributed by atoms with van der Waals surface area (Å²) in [5.41, 5.74) is 3.10. The molecule has 150 valence electrons. The molecule has 0 aliphatic rings. The number of hydrogen-bond donors (Lipinski definition) is 0. The number of methoxy groups -OCH3 is 2. The Morgan fingerprint density at radius 3 is 2.31 bits per heavy atom. The van der Waals surface area contributed by atoms with E-state index in [2.05, 4.69) is 0 Å². The molecule has 0 atom stereocenters. The van der Waals surface area contributed by atoms with E-state index in [0.29, 0.717) is 42.6 Å². The fourth-order valence-electron chi connectivity index (χ4n) is 2.97. The molecule has 0 heterocycles. The van der Waals surface area contributed by atoms with Crippen molar-refractivity contribution in [3.05, 3.63) is 77.9 Å². The molecular formula is C24H24O5. The monoisotopic (exact) mass is 392 g/mol. The number of benzene rings is 3. The van der Waals surface area contributed by atoms with E-state index in [1.807, 2.05) is 60.7 Å². The van der Waals surface area contributed by atoms with Crippen LogP contribution in [0.3, 0.4) is 0 Å². The minimum atomic E-state index is 0.341. The highest BCUT2D eigenvalue weighted by atomic mass is 16.5. The molecular weight excluding hydrogens is 368 g/mol. The third-order valence-electron chi connectivity index (χ3n) is 4.40. The van der Waals surface area contributed by atoms with Crippen molar-refractivity contribution < 1.29 is 23.7 Å². The molecule has 5 nitrogen and oxygen atoms in total. The summed E-state index contributed by atoms with van der Waals surface area (Å²) in [6, 6.07) is 21.1. The standard InChI is InChI=1S/C24H24O5/c1-26-12-13-28-22-11-7-6-10-21(22)19-14-20(16-25)24(23(15-19)27-2)29-17-18-8-4-3-5-9-18/h3-11,14-16H,12-13,17H2,1-2H3. The van der Waals surface area contributed by atoms with E-state index in [9.17, 15) is 4.79 Å². The van der Waals surface area contributed by atoms with Gasteiger partial charge in [-0.3, -0.25) is 4.79 Å². The van der Waals surface area contributed by atoms with Gasteiger partial charge in [-0.05, 0) is 29.3 Å². The van der Waals surface area contributed by atoms with Gasteiger partial charge in [0.05, 0.1) is 19.3 Å². The first-order valence-corrected chi connectivity index (χ1v) is 9.32. The Kier molecular flexibility index (Phi) is 7.25. The van der Waals surface area contributed by atoms with Crippen LogP contribution in [0.25, 0.3) is 11.1 Å². The van der Waals surface area contributed by atoms with Crippen LogP contribution in [0.1, 0.15) is 15.9 Å². The first-order valence-electron chi connectivity index (χ1n) is 9.32. The van der Waals surface area contributed by atoms with Crippen molar-refractivity contribution in [2.45, 2.75) is 6.61 Å². The van der Waals surface area contributed by atoms with Crippen LogP contribution >= 0.6 is 0 Å². The second kappa shape index (κ2) is 10.3. The molecule has 0 amide bonds. The molecule has 0 N–H and O–H groups in total. The summed E-state index contributed by atoms with van der Waals surface area (Å²) < 4.78 is 22.3. The molecule has 0 aliphatic heterocycles. The maximum atomic E-state index is 11.8. The van der Waals surface area contributed by atoms with Crippen LogP contribution < -0.4 is 14.2 Å². The summed E-state index contributed by atoms with van der Waals surface area (Å²) in [6.45, 7) is 1.26. The van der Waals surface area contributed by atoms with Gasteiger partial charge < -0.3 is 18.9 Å². The second-order valence-electron chi connectivity index (χ2n) is 6.33. The molecule has 0 aliphatic carbocycles. The summed E-state index contributed by atoms with van der Waals surface area (Å²) in [5, 5.41) is 0. The predicted octanol–water partition coefficient (Wildman–Crippen LogP) is 4.78. The van der Waals surface area contributed by atoms with Gasteiger partial charge in [0.1, 0.15) is 19.0 Å². The van der Waals surface area contributed by atoms with Crippen molar-refractivity contribution in [1.82, 2.24) is 0 Å². The van der Waals surface area contributed by atoms with Crippen LogP contribution in [-0.4, -0.2) is 33.7 Å². The number of carbonyl (C=O) groups excluding carboxylic acids is 1. The summed E-state index contributed by atoms with van der Waals surface area (Å²) in [7, 11) is 3.19. The average molecular weight is 392 g/mol. The lowest BCUT2D eigenvalue weighted by Gasteiger charge is -2.16. The highest BCUT2D eigenvalue weighted by Gasteiger charge is 2.16. The van der Waals surface area contributed by atoms with Crippen LogP contribution in [-0.2, 0) is 11.3 Å². The van der Waals surface area contributed by atoms with E-state index < -0.39 is 0 Å². The van der Waals surface area contributed by atoms with Crippen LogP contribution in [0.4, 0.5) is 0 Å². The fourth-order valence-corrected chi connectivity index (χ4v) is 2.97. The first kappa shape index (κ1) is 20.4. The van der Waals surface area contributed by atoms with Crippen molar-refractivity contribution in [3.63, 3.8) is 0 Å². The summed E-state index contributed by atoms with van der Waals surface area (Å²) in [6.07, 6.45) is 0.779. The molecule has 0 fully saturated rings. The minimum absolute atomic E-state index is 0.341. The molecule has 3 aromatic rings. The zero-order chi connectivity index (χ0) is 20.5. The van der Waals surface area contributed by atoms with Crippen LogP contribution in [0, 0.1) is 0 Å². The number of aldehydes is 1. The molecule has 3 aromatic carbocycles. The molecule has 0 spiro atoms. The van der Waals surface area contributed by atoms with Gasteiger partial charge in [0.15, 0.2) is 17.8 Å². The van der Waals surface area contributed by atoms with Crippen LogP contribution in [0.2, 0.25) is 0 Å². The van der Waals surface area contributed by atoms with Gasteiger partial charge >= 0.3 is 0 Å². The lowest BCUT2D eigenvalue weighted by Crippen LogP contribution is -2.05. The van der Waals surface area contributed by atoms with Gasteiger partial charge in [-0.1, -0.05) is 48.5 Å². The van der Waals surface area contributed by atoms with Crippen molar-refractivity contribution >= 4 is 6.29 Å². The van der Waals surface area contributed by atoms with Gasteiger partial charge in [0.2, 0.25) is 0 Å². The van der Waals surface area contributed by atoms with Crippen molar-refractivity contribution in [3.8, 4) is 28.4 Å². The maximum absolute atomic E-state index is 11.8. The third-order valence-corrected chi connectivity index (χ3v) is 4.40. The van der Waals surface area contributed by atoms with E-state index in [-0.39, 0.29) is 0 Å². The Balaban J connectivity index is 1.93. The Morgan fingerprint density at radius 2 is 1.59 bits per heavy atom. The zero-order valence-corrected chi connectivity index (χ0v) is 16.6. The summed E-state index contributed by atoms with van der Waals surface area (Å²) in [5.74, 6) is 1.63. The van der Waals surface area contributed by atoms with E-state index in [1.165, 1.54) is 0 Å². The number of hydrogen-bond acceptors (Lipinski definition) is 5. The molecule has 0 unspecified atom stereocenters. The second-order valence-corrected chi connectivity index (χ2v) is 6.33. The van der Waals surface area contributed by atoms with E-state index in [0.717, 1.165) is 23.0 Å². The zero-order valence-electron chi connectivity index (χ0n) is 16.6. The SMILES string of the molecule is COCCOc1ccccc1-c1cc(C=O)c(OCc2ccccc2)c(OC)c1. The van der Waals surface area contributed by atoms with Crippen molar-refractivity contribution in [2.75, 3.05) is 27.4 Å². The van der Waals surface area contributed by atoms with Crippen LogP contribution in [0.15, 0.2) is 66.7 Å². The predicted molar refractivity (Wildman–Crippen MR) is 112 cm³/mol. The maximum Gasteiger partial charge on any atom is 0.172 e. The highest BCUT2D eigenvalue weighted by Crippen LogP contribution is 2.39. The molecule has 0 saturated carbocycles. The van der Waals surface area contributed by atoms with Crippen molar-refractivity contribution in [2.24, 2.45) is 0 Å². The molecule has 0 aromatic heterocycles. The third kappa shape index (κ3) is 5.15. The number of carbonyl (C=O) groups is 1.